The topological polar surface area (TPSA) is 57.7 Å². The molecule has 6 heteroatoms. The lowest BCUT2D eigenvalue weighted by Gasteiger charge is -2.44. The van der Waals surface area contributed by atoms with E-state index in [0.717, 1.165) is 19.4 Å². The summed E-state index contributed by atoms with van der Waals surface area (Å²) in [5, 5.41) is 0. The molecule has 0 spiro atoms. The maximum atomic E-state index is 13.2. The number of hydrogen-bond donors (Lipinski definition) is 0. The lowest BCUT2D eigenvalue weighted by Crippen LogP contribution is -2.49. The molecule has 2 unspecified atom stereocenters. The van der Waals surface area contributed by atoms with Gasteiger partial charge in [0.25, 0.3) is 5.91 Å². The summed E-state index contributed by atoms with van der Waals surface area (Å²) < 4.78 is 26.8. The summed E-state index contributed by atoms with van der Waals surface area (Å²) in [5.74, 6) is 0.589. The molecule has 1 aromatic rings. The molecule has 0 bridgehead atoms. The molecule has 2 fully saturated rings. The Hall–Kier alpha value is -1.40. The lowest BCUT2D eigenvalue weighted by atomic mass is 9.78. The van der Waals surface area contributed by atoms with E-state index in [1.165, 1.54) is 30.0 Å². The summed E-state index contributed by atoms with van der Waals surface area (Å²) in [4.78, 5) is 15.4. The standard InChI is InChI=1S/C20H30N2O3S/c1-15(2)21(3)26(24,25)18-11-6-9-17(14-18)20(23)22-13-7-10-16-8-4-5-12-19(16)22/h6,9,11,14-16,19H,4-5,7-8,10,12-13H2,1-3H3. The van der Waals surface area contributed by atoms with Crippen LogP contribution in [0, 0.1) is 5.92 Å². The van der Waals surface area contributed by atoms with Crippen molar-refractivity contribution in [1.29, 1.82) is 0 Å². The van der Waals surface area contributed by atoms with Gasteiger partial charge in [-0.3, -0.25) is 4.79 Å². The number of hydrogen-bond acceptors (Lipinski definition) is 3. The smallest absolute Gasteiger partial charge is 0.254 e. The first-order valence-corrected chi connectivity index (χ1v) is 11.2. The van der Waals surface area contributed by atoms with Crippen LogP contribution in [0.5, 0.6) is 0 Å². The predicted molar refractivity (Wildman–Crippen MR) is 103 cm³/mol. The van der Waals surface area contributed by atoms with Crippen LogP contribution in [0.3, 0.4) is 0 Å². The molecule has 2 aliphatic rings. The second-order valence-corrected chi connectivity index (χ2v) is 9.89. The van der Waals surface area contributed by atoms with Crippen molar-refractivity contribution in [3.63, 3.8) is 0 Å². The largest absolute Gasteiger partial charge is 0.335 e. The van der Waals surface area contributed by atoms with Gasteiger partial charge in [0.1, 0.15) is 0 Å². The second kappa shape index (κ2) is 7.69. The Bertz CT molecular complexity index is 758. The Morgan fingerprint density at radius 3 is 2.58 bits per heavy atom. The average molecular weight is 379 g/mol. The highest BCUT2D eigenvalue weighted by Gasteiger charge is 2.36. The fourth-order valence-corrected chi connectivity index (χ4v) is 5.69. The minimum Gasteiger partial charge on any atom is -0.335 e. The van der Waals surface area contributed by atoms with Gasteiger partial charge < -0.3 is 4.90 Å². The summed E-state index contributed by atoms with van der Waals surface area (Å²) in [6.07, 6.45) is 6.98. The number of piperidine rings is 1. The summed E-state index contributed by atoms with van der Waals surface area (Å²) in [6, 6.07) is 6.72. The molecule has 1 aromatic carbocycles. The van der Waals surface area contributed by atoms with Gasteiger partial charge in [-0.15, -0.1) is 0 Å². The molecule has 0 N–H and O–H groups in total. The van der Waals surface area contributed by atoms with E-state index in [4.69, 9.17) is 0 Å². The van der Waals surface area contributed by atoms with Crippen LogP contribution in [0.2, 0.25) is 0 Å². The minimum atomic E-state index is -3.59. The molecule has 0 radical (unpaired) electrons. The van der Waals surface area contributed by atoms with Gasteiger partial charge >= 0.3 is 0 Å². The fraction of sp³-hybridized carbons (Fsp3) is 0.650. The molecule has 144 valence electrons. The summed E-state index contributed by atoms with van der Waals surface area (Å²) in [6.45, 7) is 4.45. The number of carbonyl (C=O) groups is 1. The molecule has 1 aliphatic heterocycles. The molecular formula is C20H30N2O3S. The SMILES string of the molecule is CC(C)N(C)S(=O)(=O)c1cccc(C(=O)N2CCCC3CCCCC32)c1. The van der Waals surface area contributed by atoms with Crippen molar-refractivity contribution in [2.75, 3.05) is 13.6 Å². The van der Waals surface area contributed by atoms with Crippen molar-refractivity contribution >= 4 is 15.9 Å². The zero-order valence-electron chi connectivity index (χ0n) is 16.0. The number of amides is 1. The van der Waals surface area contributed by atoms with Crippen molar-refractivity contribution in [3.05, 3.63) is 29.8 Å². The van der Waals surface area contributed by atoms with Gasteiger partial charge in [-0.2, -0.15) is 4.31 Å². The molecule has 1 saturated heterocycles. The molecule has 1 amide bonds. The van der Waals surface area contributed by atoms with Gasteiger partial charge in [0, 0.05) is 31.2 Å². The first kappa shape index (κ1) is 19.4. The predicted octanol–water partition coefficient (Wildman–Crippen LogP) is 3.51. The number of likely N-dealkylation sites (tertiary alicyclic amines) is 1. The molecule has 5 nitrogen and oxygen atoms in total. The van der Waals surface area contributed by atoms with Crippen LogP contribution < -0.4 is 0 Å². The Balaban J connectivity index is 1.87. The molecular weight excluding hydrogens is 348 g/mol. The van der Waals surface area contributed by atoms with Crippen LogP contribution in [0.15, 0.2) is 29.2 Å². The first-order chi connectivity index (χ1) is 12.3. The molecule has 2 atom stereocenters. The molecule has 1 heterocycles. The quantitative estimate of drug-likeness (QED) is 0.806. The van der Waals surface area contributed by atoms with Crippen LogP contribution in [0.1, 0.15) is 62.7 Å². The second-order valence-electron chi connectivity index (χ2n) is 7.90. The van der Waals surface area contributed by atoms with E-state index in [-0.39, 0.29) is 16.8 Å². The molecule has 1 saturated carbocycles. The Kier molecular flexibility index (Phi) is 5.72. The van der Waals surface area contributed by atoms with Crippen LogP contribution in [0.4, 0.5) is 0 Å². The zero-order valence-corrected chi connectivity index (χ0v) is 16.8. The van der Waals surface area contributed by atoms with Crippen molar-refractivity contribution in [2.24, 2.45) is 5.92 Å². The molecule has 26 heavy (non-hydrogen) atoms. The van der Waals surface area contributed by atoms with E-state index in [2.05, 4.69) is 0 Å². The molecule has 0 aromatic heterocycles. The monoisotopic (exact) mass is 378 g/mol. The number of nitrogens with zero attached hydrogens (tertiary/aromatic N) is 2. The van der Waals surface area contributed by atoms with E-state index in [1.807, 2.05) is 18.7 Å². The van der Waals surface area contributed by atoms with Gasteiger partial charge in [-0.1, -0.05) is 18.9 Å². The Morgan fingerprint density at radius 1 is 1.15 bits per heavy atom. The van der Waals surface area contributed by atoms with Gasteiger partial charge in [0.05, 0.1) is 4.90 Å². The van der Waals surface area contributed by atoms with Crippen LogP contribution in [-0.4, -0.2) is 49.2 Å². The first-order valence-electron chi connectivity index (χ1n) is 9.71. The molecule has 1 aliphatic carbocycles. The normalized spacial score (nSPS) is 24.0. The van der Waals surface area contributed by atoms with E-state index < -0.39 is 10.0 Å². The van der Waals surface area contributed by atoms with Crippen molar-refractivity contribution in [2.45, 2.75) is 69.4 Å². The van der Waals surface area contributed by atoms with Crippen molar-refractivity contribution in [1.82, 2.24) is 9.21 Å². The zero-order chi connectivity index (χ0) is 18.9. The van der Waals surface area contributed by atoms with Crippen LogP contribution in [-0.2, 0) is 10.0 Å². The number of rotatable bonds is 4. The maximum Gasteiger partial charge on any atom is 0.254 e. The Morgan fingerprint density at radius 2 is 1.85 bits per heavy atom. The minimum absolute atomic E-state index is 0.0224. The number of sulfonamides is 1. The third kappa shape index (κ3) is 3.67. The highest BCUT2D eigenvalue weighted by Crippen LogP contribution is 2.36. The fourth-order valence-electron chi connectivity index (χ4n) is 4.28. The third-order valence-electron chi connectivity index (χ3n) is 5.99. The highest BCUT2D eigenvalue weighted by atomic mass is 32.2. The van der Waals surface area contributed by atoms with E-state index >= 15 is 0 Å². The highest BCUT2D eigenvalue weighted by molar-refractivity contribution is 7.89. The van der Waals surface area contributed by atoms with E-state index in [1.54, 1.807) is 31.3 Å². The van der Waals surface area contributed by atoms with E-state index in [9.17, 15) is 13.2 Å². The average Bonchev–Trinajstić information content (AvgIpc) is 2.66. The third-order valence-corrected chi connectivity index (χ3v) is 8.02. The van der Waals surface area contributed by atoms with Crippen molar-refractivity contribution < 1.29 is 13.2 Å². The van der Waals surface area contributed by atoms with Gasteiger partial charge in [0.15, 0.2) is 0 Å². The molecule has 3 rings (SSSR count). The van der Waals surface area contributed by atoms with Gasteiger partial charge in [-0.05, 0) is 63.6 Å². The van der Waals surface area contributed by atoms with E-state index in [0.29, 0.717) is 17.5 Å². The maximum absolute atomic E-state index is 13.2. The van der Waals surface area contributed by atoms with Gasteiger partial charge in [0.2, 0.25) is 10.0 Å². The Labute approximate surface area is 157 Å². The summed E-state index contributed by atoms with van der Waals surface area (Å²) in [5.41, 5.74) is 0.481. The van der Waals surface area contributed by atoms with Crippen LogP contribution >= 0.6 is 0 Å². The number of carbonyl (C=O) groups excluding carboxylic acids is 1. The summed E-state index contributed by atoms with van der Waals surface area (Å²) in [7, 11) is -2.01. The van der Waals surface area contributed by atoms with Gasteiger partial charge in [-0.25, -0.2) is 8.42 Å². The number of fused-ring (bicyclic) bond motifs is 1. The van der Waals surface area contributed by atoms with Crippen molar-refractivity contribution in [3.8, 4) is 0 Å². The van der Waals surface area contributed by atoms with Crippen LogP contribution in [0.25, 0.3) is 0 Å². The lowest BCUT2D eigenvalue weighted by molar-refractivity contribution is 0.0390. The summed E-state index contributed by atoms with van der Waals surface area (Å²) >= 11 is 0. The number of benzene rings is 1.